The van der Waals surface area contributed by atoms with Crippen molar-refractivity contribution in [3.05, 3.63) is 42.0 Å². The molecule has 1 N–H and O–H groups in total. The number of hydrogen-bond acceptors (Lipinski definition) is 5. The van der Waals surface area contributed by atoms with Crippen LogP contribution in [0.2, 0.25) is 0 Å². The van der Waals surface area contributed by atoms with Crippen LogP contribution in [0.1, 0.15) is 36.0 Å². The molecule has 152 valence electrons. The zero-order valence-corrected chi connectivity index (χ0v) is 16.3. The normalized spacial score (nSPS) is 34.5. The average Bonchev–Trinajstić information content (AvgIpc) is 3.23. The van der Waals surface area contributed by atoms with Gasteiger partial charge in [0.15, 0.2) is 5.72 Å². The largest absolute Gasteiger partial charge is 0.467 e. The Morgan fingerprint density at radius 1 is 1.28 bits per heavy atom. The topological polar surface area (TPSA) is 84.9 Å². The molecule has 29 heavy (non-hydrogen) atoms. The molecule has 0 saturated heterocycles. The van der Waals surface area contributed by atoms with Gasteiger partial charge in [0.25, 0.3) is 5.91 Å². The van der Waals surface area contributed by atoms with Crippen LogP contribution in [0.25, 0.3) is 0 Å². The molecule has 5 atom stereocenters. The Labute approximate surface area is 169 Å². The summed E-state index contributed by atoms with van der Waals surface area (Å²) in [6.07, 6.45) is 6.66. The molecular weight excluding hydrogens is 372 g/mol. The predicted octanol–water partition coefficient (Wildman–Crippen LogP) is 1.88. The van der Waals surface area contributed by atoms with Crippen molar-refractivity contribution in [2.24, 2.45) is 17.8 Å². The minimum atomic E-state index is -0.740. The van der Waals surface area contributed by atoms with Crippen LogP contribution in [0.4, 0.5) is 0 Å². The molecule has 2 amide bonds. The number of fused-ring (bicyclic) bond motifs is 3. The third-order valence-electron chi connectivity index (χ3n) is 6.97. The third-order valence-corrected chi connectivity index (χ3v) is 6.97. The van der Waals surface area contributed by atoms with E-state index < -0.39 is 17.7 Å². The summed E-state index contributed by atoms with van der Waals surface area (Å²) in [4.78, 5) is 39.6. The number of para-hydroxylation sites is 1. The highest BCUT2D eigenvalue weighted by Crippen LogP contribution is 2.53. The van der Waals surface area contributed by atoms with Crippen LogP contribution in [-0.4, -0.2) is 48.1 Å². The molecule has 3 saturated carbocycles. The van der Waals surface area contributed by atoms with E-state index in [9.17, 15) is 14.4 Å². The quantitative estimate of drug-likeness (QED) is 0.610. The first-order chi connectivity index (χ1) is 14.0. The van der Waals surface area contributed by atoms with Crippen molar-refractivity contribution in [1.82, 2.24) is 10.2 Å². The summed E-state index contributed by atoms with van der Waals surface area (Å²) in [5, 5.41) is 3.11. The fourth-order valence-corrected chi connectivity index (χ4v) is 5.55. The molecule has 2 heterocycles. The van der Waals surface area contributed by atoms with Crippen molar-refractivity contribution >= 4 is 17.8 Å². The summed E-state index contributed by atoms with van der Waals surface area (Å²) in [6.45, 7) is 0.429. The van der Waals surface area contributed by atoms with Crippen LogP contribution in [0, 0.1) is 17.8 Å². The fraction of sp³-hybridized carbons (Fsp3) is 0.500. The summed E-state index contributed by atoms with van der Waals surface area (Å²) in [5.41, 5.74) is -0.188. The molecule has 1 aromatic rings. The van der Waals surface area contributed by atoms with E-state index in [4.69, 9.17) is 9.47 Å². The molecule has 1 aromatic carbocycles. The first kappa shape index (κ1) is 18.2. The number of esters is 1. The highest BCUT2D eigenvalue weighted by atomic mass is 16.5. The second-order valence-electron chi connectivity index (χ2n) is 8.41. The van der Waals surface area contributed by atoms with Gasteiger partial charge in [-0.05, 0) is 37.3 Å². The van der Waals surface area contributed by atoms with Crippen LogP contribution in [0.15, 0.2) is 36.4 Å². The molecule has 2 bridgehead atoms. The maximum absolute atomic E-state index is 13.3. The van der Waals surface area contributed by atoms with E-state index >= 15 is 0 Å². The second-order valence-corrected chi connectivity index (χ2v) is 8.41. The number of rotatable bonds is 2. The third kappa shape index (κ3) is 2.74. The SMILES string of the molecule is COC(=O)[C@H]1C=CCN1C(=O)[C@H]1C[C@@H]2CC[C@@H]1C[C@@]21NC(=O)c2ccccc2O1. The van der Waals surface area contributed by atoms with Crippen LogP contribution in [0.5, 0.6) is 5.75 Å². The Bertz CT molecular complexity index is 912. The molecule has 0 unspecified atom stereocenters. The molecule has 1 spiro atoms. The van der Waals surface area contributed by atoms with Gasteiger partial charge in [-0.25, -0.2) is 4.79 Å². The Morgan fingerprint density at radius 3 is 2.86 bits per heavy atom. The summed E-state index contributed by atoms with van der Waals surface area (Å²) < 4.78 is 11.2. The zero-order chi connectivity index (χ0) is 20.2. The number of carbonyl (C=O) groups excluding carboxylic acids is 3. The second kappa shape index (κ2) is 6.61. The Balaban J connectivity index is 1.37. The van der Waals surface area contributed by atoms with Gasteiger partial charge in [0.2, 0.25) is 5.91 Å². The van der Waals surface area contributed by atoms with E-state index in [1.165, 1.54) is 7.11 Å². The molecule has 7 nitrogen and oxygen atoms in total. The van der Waals surface area contributed by atoms with Crippen LogP contribution >= 0.6 is 0 Å². The highest BCUT2D eigenvalue weighted by Gasteiger charge is 2.57. The molecule has 2 aliphatic heterocycles. The van der Waals surface area contributed by atoms with Crippen molar-refractivity contribution in [2.45, 2.75) is 37.5 Å². The lowest BCUT2D eigenvalue weighted by Crippen LogP contribution is -2.67. The number of carbonyl (C=O) groups is 3. The van der Waals surface area contributed by atoms with Gasteiger partial charge in [0.1, 0.15) is 11.8 Å². The van der Waals surface area contributed by atoms with Gasteiger partial charge in [-0.2, -0.15) is 0 Å². The highest BCUT2D eigenvalue weighted by molar-refractivity contribution is 5.98. The Morgan fingerprint density at radius 2 is 2.10 bits per heavy atom. The molecule has 3 fully saturated rings. The van der Waals surface area contributed by atoms with Gasteiger partial charge in [-0.15, -0.1) is 0 Å². The lowest BCUT2D eigenvalue weighted by molar-refractivity contribution is -0.161. The van der Waals surface area contributed by atoms with E-state index in [0.717, 1.165) is 12.8 Å². The van der Waals surface area contributed by atoms with Gasteiger partial charge in [0, 0.05) is 24.8 Å². The van der Waals surface area contributed by atoms with Gasteiger partial charge in [0.05, 0.1) is 12.7 Å². The Kier molecular flexibility index (Phi) is 4.15. The predicted molar refractivity (Wildman–Crippen MR) is 103 cm³/mol. The van der Waals surface area contributed by atoms with Crippen molar-refractivity contribution in [3.8, 4) is 5.75 Å². The summed E-state index contributed by atoms with van der Waals surface area (Å²) in [5.74, 6) is 0.0893. The van der Waals surface area contributed by atoms with Crippen molar-refractivity contribution in [1.29, 1.82) is 0 Å². The number of nitrogens with zero attached hydrogens (tertiary/aromatic N) is 1. The van der Waals surface area contributed by atoms with E-state index in [-0.39, 0.29) is 29.6 Å². The lowest BCUT2D eigenvalue weighted by Gasteiger charge is -2.55. The van der Waals surface area contributed by atoms with Crippen LogP contribution < -0.4 is 10.1 Å². The smallest absolute Gasteiger partial charge is 0.332 e. The maximum atomic E-state index is 13.3. The van der Waals surface area contributed by atoms with Gasteiger partial charge in [-0.1, -0.05) is 24.3 Å². The van der Waals surface area contributed by atoms with E-state index in [1.807, 2.05) is 24.3 Å². The summed E-state index contributed by atoms with van der Waals surface area (Å²) in [6, 6.07) is 6.64. The number of ether oxygens (including phenoxy) is 2. The lowest BCUT2D eigenvalue weighted by atomic mass is 9.59. The molecule has 6 rings (SSSR count). The monoisotopic (exact) mass is 396 g/mol. The van der Waals surface area contributed by atoms with Gasteiger partial charge < -0.3 is 19.7 Å². The maximum Gasteiger partial charge on any atom is 0.332 e. The van der Waals surface area contributed by atoms with E-state index in [0.29, 0.717) is 30.7 Å². The molecule has 7 heteroatoms. The molecular formula is C22H24N2O5. The minimum absolute atomic E-state index is 0.00233. The van der Waals surface area contributed by atoms with Gasteiger partial charge in [-0.3, -0.25) is 9.59 Å². The van der Waals surface area contributed by atoms with Crippen LogP contribution in [-0.2, 0) is 14.3 Å². The van der Waals surface area contributed by atoms with Crippen molar-refractivity contribution < 1.29 is 23.9 Å². The number of methoxy groups -OCH3 is 1. The first-order valence-corrected chi connectivity index (χ1v) is 10.2. The fourth-order valence-electron chi connectivity index (χ4n) is 5.55. The van der Waals surface area contributed by atoms with Gasteiger partial charge >= 0.3 is 5.97 Å². The van der Waals surface area contributed by atoms with E-state index in [2.05, 4.69) is 5.32 Å². The Hall–Kier alpha value is -2.83. The van der Waals surface area contributed by atoms with Crippen molar-refractivity contribution in [2.75, 3.05) is 13.7 Å². The molecule has 0 radical (unpaired) electrons. The summed E-state index contributed by atoms with van der Waals surface area (Å²) in [7, 11) is 1.34. The van der Waals surface area contributed by atoms with Crippen LogP contribution in [0.3, 0.4) is 0 Å². The minimum Gasteiger partial charge on any atom is -0.467 e. The number of benzene rings is 1. The summed E-state index contributed by atoms with van der Waals surface area (Å²) >= 11 is 0. The van der Waals surface area contributed by atoms with E-state index in [1.54, 1.807) is 17.0 Å². The molecule has 0 aromatic heterocycles. The molecule has 3 aliphatic carbocycles. The number of hydrogen-bond donors (Lipinski definition) is 1. The first-order valence-electron chi connectivity index (χ1n) is 10.2. The number of nitrogens with one attached hydrogen (secondary N) is 1. The van der Waals surface area contributed by atoms with Crippen molar-refractivity contribution in [3.63, 3.8) is 0 Å². The average molecular weight is 396 g/mol. The molecule has 5 aliphatic rings. The standard InChI is InChI=1S/C22H24N2O5/c1-28-21(27)17-6-4-10-24(17)20(26)16-11-14-9-8-13(16)12-22(14)23-19(25)15-5-2-3-7-18(15)29-22/h2-7,13-14,16-17H,8-12H2,1H3,(H,23,25)/t13-,14+,16+,17-,22+/m1/s1. The number of amides is 2. The zero-order valence-electron chi connectivity index (χ0n) is 16.3.